The third-order valence-electron chi connectivity index (χ3n) is 5.04. The quantitative estimate of drug-likeness (QED) is 0.304. The second-order valence-corrected chi connectivity index (χ2v) is 12.5. The Morgan fingerprint density at radius 2 is 1.74 bits per heavy atom. The first-order valence-corrected chi connectivity index (χ1v) is 13.8. The fourth-order valence-corrected chi connectivity index (χ4v) is 5.96. The predicted octanol–water partition coefficient (Wildman–Crippen LogP) is 5.19. The molecule has 0 saturated heterocycles. The SMILES string of the molecule is Cn1cc(-c2ccc(S(=O)(=O)n3ccc(C=CC(=O)Nc4ccccc4NC(=O)OC(C)(C)C)c3)s2)cn1. The molecule has 10 nitrogen and oxygen atoms in total. The largest absolute Gasteiger partial charge is 0.444 e. The van der Waals surface area contributed by atoms with Gasteiger partial charge in [0, 0.05) is 42.2 Å². The van der Waals surface area contributed by atoms with Gasteiger partial charge in [0.05, 0.1) is 17.6 Å². The molecule has 0 aliphatic carbocycles. The standard InChI is InChI=1S/C26H27N5O5S2/c1-26(2,3)36-25(33)29-21-8-6-5-7-20(21)28-23(32)11-9-18-13-14-31(16-18)38(34,35)24-12-10-22(37-24)19-15-27-30(4)17-19/h5-17H,1-4H3,(H,28,32)(H,29,33). The summed E-state index contributed by atoms with van der Waals surface area (Å²) in [5, 5.41) is 9.45. The first-order chi connectivity index (χ1) is 17.9. The molecule has 3 aromatic heterocycles. The maximum Gasteiger partial charge on any atom is 0.412 e. The molecule has 198 valence electrons. The van der Waals surface area contributed by atoms with Gasteiger partial charge in [-0.15, -0.1) is 11.3 Å². The van der Waals surface area contributed by atoms with E-state index in [9.17, 15) is 18.0 Å². The number of nitrogens with zero attached hydrogens (tertiary/aromatic N) is 3. The number of carbonyl (C=O) groups excluding carboxylic acids is 2. The van der Waals surface area contributed by atoms with E-state index in [0.29, 0.717) is 16.9 Å². The zero-order valence-electron chi connectivity index (χ0n) is 21.2. The topological polar surface area (TPSA) is 124 Å². The van der Waals surface area contributed by atoms with Gasteiger partial charge in [-0.05, 0) is 62.7 Å². The predicted molar refractivity (Wildman–Crippen MR) is 147 cm³/mol. The van der Waals surface area contributed by atoms with Gasteiger partial charge in [0.15, 0.2) is 0 Å². The minimum Gasteiger partial charge on any atom is -0.444 e. The van der Waals surface area contributed by atoms with Crippen molar-refractivity contribution in [3.8, 4) is 10.4 Å². The number of aromatic nitrogens is 3. The summed E-state index contributed by atoms with van der Waals surface area (Å²) in [6.07, 6.45) is 8.49. The van der Waals surface area contributed by atoms with E-state index < -0.39 is 27.6 Å². The Morgan fingerprint density at radius 3 is 2.39 bits per heavy atom. The molecule has 3 heterocycles. The van der Waals surface area contributed by atoms with Crippen LogP contribution in [0.3, 0.4) is 0 Å². The van der Waals surface area contributed by atoms with E-state index >= 15 is 0 Å². The molecular formula is C26H27N5O5S2. The number of benzene rings is 1. The van der Waals surface area contributed by atoms with Gasteiger partial charge >= 0.3 is 6.09 Å². The maximum atomic E-state index is 13.1. The summed E-state index contributed by atoms with van der Waals surface area (Å²) < 4.78 is 34.4. The highest BCUT2D eigenvalue weighted by Crippen LogP contribution is 2.31. The fraction of sp³-hybridized carbons (Fsp3) is 0.192. The molecule has 0 unspecified atom stereocenters. The highest BCUT2D eigenvalue weighted by molar-refractivity contribution is 7.92. The Kier molecular flexibility index (Phi) is 7.56. The van der Waals surface area contributed by atoms with Crippen LogP contribution in [0.5, 0.6) is 0 Å². The van der Waals surface area contributed by atoms with Gasteiger partial charge in [-0.3, -0.25) is 14.8 Å². The van der Waals surface area contributed by atoms with Crippen LogP contribution in [-0.4, -0.2) is 39.8 Å². The second-order valence-electron chi connectivity index (χ2n) is 9.30. The molecule has 0 atom stereocenters. The number of amides is 2. The van der Waals surface area contributed by atoms with Gasteiger partial charge in [-0.2, -0.15) is 13.5 Å². The number of aryl methyl sites for hydroxylation is 1. The van der Waals surface area contributed by atoms with Crippen molar-refractivity contribution in [2.75, 3.05) is 10.6 Å². The summed E-state index contributed by atoms with van der Waals surface area (Å²) in [5.74, 6) is -0.460. The highest BCUT2D eigenvalue weighted by atomic mass is 32.2. The average Bonchev–Trinajstić information content (AvgIpc) is 3.58. The lowest BCUT2D eigenvalue weighted by Gasteiger charge is -2.20. The van der Waals surface area contributed by atoms with Crippen LogP contribution in [0.2, 0.25) is 0 Å². The van der Waals surface area contributed by atoms with Crippen molar-refractivity contribution >= 4 is 50.8 Å². The van der Waals surface area contributed by atoms with E-state index in [1.165, 1.54) is 24.5 Å². The third-order valence-corrected chi connectivity index (χ3v) is 8.28. The Bertz CT molecular complexity index is 1610. The highest BCUT2D eigenvalue weighted by Gasteiger charge is 2.20. The fourth-order valence-electron chi connectivity index (χ4n) is 3.37. The molecule has 0 aliphatic rings. The molecule has 1 aromatic carbocycles. The van der Waals surface area contributed by atoms with Crippen molar-refractivity contribution < 1.29 is 22.7 Å². The molecule has 0 spiro atoms. The number of hydrogen-bond acceptors (Lipinski definition) is 7. The molecule has 0 radical (unpaired) electrons. The number of ether oxygens (including phenoxy) is 1. The van der Waals surface area contributed by atoms with Crippen molar-refractivity contribution in [3.63, 3.8) is 0 Å². The molecule has 0 bridgehead atoms. The van der Waals surface area contributed by atoms with Crippen LogP contribution in [0.1, 0.15) is 26.3 Å². The van der Waals surface area contributed by atoms with Gasteiger partial charge in [0.25, 0.3) is 10.0 Å². The normalized spacial score (nSPS) is 12.0. The molecule has 38 heavy (non-hydrogen) atoms. The van der Waals surface area contributed by atoms with Gasteiger partial charge in [0.2, 0.25) is 5.91 Å². The zero-order chi connectivity index (χ0) is 27.5. The monoisotopic (exact) mass is 553 g/mol. The van der Waals surface area contributed by atoms with Crippen molar-refractivity contribution in [2.45, 2.75) is 30.6 Å². The van der Waals surface area contributed by atoms with Gasteiger partial charge < -0.3 is 10.1 Å². The second kappa shape index (κ2) is 10.7. The van der Waals surface area contributed by atoms with Crippen molar-refractivity contribution in [2.24, 2.45) is 7.05 Å². The molecule has 2 N–H and O–H groups in total. The van der Waals surface area contributed by atoms with Crippen LogP contribution in [0, 0.1) is 0 Å². The molecule has 0 fully saturated rings. The lowest BCUT2D eigenvalue weighted by atomic mass is 10.2. The van der Waals surface area contributed by atoms with E-state index in [1.54, 1.807) is 81.2 Å². The summed E-state index contributed by atoms with van der Waals surface area (Å²) in [4.78, 5) is 25.5. The van der Waals surface area contributed by atoms with Crippen LogP contribution in [-0.2, 0) is 26.6 Å². The Hall–Kier alpha value is -4.16. The minimum absolute atomic E-state index is 0.189. The van der Waals surface area contributed by atoms with Crippen LogP contribution in [0.25, 0.3) is 16.5 Å². The van der Waals surface area contributed by atoms with Gasteiger partial charge in [0.1, 0.15) is 9.81 Å². The maximum absolute atomic E-state index is 13.1. The van der Waals surface area contributed by atoms with E-state index in [2.05, 4.69) is 15.7 Å². The Morgan fingerprint density at radius 1 is 1.03 bits per heavy atom. The van der Waals surface area contributed by atoms with Crippen LogP contribution in [0.15, 0.2) is 77.5 Å². The summed E-state index contributed by atoms with van der Waals surface area (Å²) in [6, 6.07) is 11.6. The van der Waals surface area contributed by atoms with E-state index in [4.69, 9.17) is 4.74 Å². The van der Waals surface area contributed by atoms with Crippen LogP contribution >= 0.6 is 11.3 Å². The number of nitrogens with one attached hydrogen (secondary N) is 2. The van der Waals surface area contributed by atoms with E-state index in [1.807, 2.05) is 6.20 Å². The van der Waals surface area contributed by atoms with Crippen molar-refractivity contribution in [1.82, 2.24) is 13.8 Å². The molecule has 12 heteroatoms. The zero-order valence-corrected chi connectivity index (χ0v) is 22.8. The molecular weight excluding hydrogens is 526 g/mol. The summed E-state index contributed by atoms with van der Waals surface area (Å²) >= 11 is 1.15. The molecule has 0 aliphatic heterocycles. The molecule has 2 amide bonds. The van der Waals surface area contributed by atoms with Crippen LogP contribution < -0.4 is 10.6 Å². The molecule has 4 rings (SSSR count). The number of thiophene rings is 1. The summed E-state index contributed by atoms with van der Waals surface area (Å²) in [6.45, 7) is 5.26. The Balaban J connectivity index is 1.43. The minimum atomic E-state index is -3.79. The van der Waals surface area contributed by atoms with E-state index in [-0.39, 0.29) is 4.21 Å². The summed E-state index contributed by atoms with van der Waals surface area (Å²) in [5.41, 5.74) is 1.45. The van der Waals surface area contributed by atoms with Crippen molar-refractivity contribution in [3.05, 3.63) is 78.9 Å². The summed E-state index contributed by atoms with van der Waals surface area (Å²) in [7, 11) is -2.00. The van der Waals surface area contributed by atoms with Crippen molar-refractivity contribution in [1.29, 1.82) is 0 Å². The number of para-hydroxylation sites is 2. The average molecular weight is 554 g/mol. The lowest BCUT2D eigenvalue weighted by Crippen LogP contribution is -2.27. The number of anilines is 2. The first kappa shape index (κ1) is 26.9. The molecule has 4 aromatic rings. The van der Waals surface area contributed by atoms with Gasteiger partial charge in [-0.1, -0.05) is 12.1 Å². The smallest absolute Gasteiger partial charge is 0.412 e. The van der Waals surface area contributed by atoms with E-state index in [0.717, 1.165) is 25.7 Å². The number of hydrogen-bond donors (Lipinski definition) is 2. The molecule has 0 saturated carbocycles. The van der Waals surface area contributed by atoms with Gasteiger partial charge in [-0.25, -0.2) is 8.77 Å². The lowest BCUT2D eigenvalue weighted by molar-refractivity contribution is -0.111. The third kappa shape index (κ3) is 6.58. The van der Waals surface area contributed by atoms with Crippen LogP contribution in [0.4, 0.5) is 16.2 Å². The number of rotatable bonds is 7. The first-order valence-electron chi connectivity index (χ1n) is 11.5. The number of carbonyl (C=O) groups is 2. The Labute approximate surface area is 224 Å².